The summed E-state index contributed by atoms with van der Waals surface area (Å²) < 4.78 is 1.18. The van der Waals surface area contributed by atoms with Crippen molar-refractivity contribution in [2.75, 3.05) is 5.73 Å². The van der Waals surface area contributed by atoms with Gasteiger partial charge < -0.3 is 10.8 Å². The molecule has 118 valence electrons. The van der Waals surface area contributed by atoms with Gasteiger partial charge in [0.2, 0.25) is 4.96 Å². The summed E-state index contributed by atoms with van der Waals surface area (Å²) in [6.45, 7) is 0. The van der Waals surface area contributed by atoms with Crippen LogP contribution in [-0.4, -0.2) is 24.9 Å². The van der Waals surface area contributed by atoms with Crippen LogP contribution in [0.25, 0.3) is 26.8 Å². The Morgan fingerprint density at radius 2 is 1.71 bits per heavy atom. The topological polar surface area (TPSA) is 106 Å². The number of rotatable bonds is 2. The molecular formula is C16H11N5O2S. The number of para-hydroxylation sites is 2. The van der Waals surface area contributed by atoms with Crippen LogP contribution in [0, 0.1) is 0 Å². The van der Waals surface area contributed by atoms with E-state index in [0.29, 0.717) is 26.8 Å². The zero-order chi connectivity index (χ0) is 16.7. The number of phenolic OH excluding ortho intramolecular Hbond substituents is 1. The Balaban J connectivity index is 1.94. The molecule has 8 heteroatoms. The number of hydrogen-bond donors (Lipinski definition) is 2. The first-order valence-electron chi connectivity index (χ1n) is 7.05. The lowest BCUT2D eigenvalue weighted by Crippen LogP contribution is -2.19. The lowest BCUT2D eigenvalue weighted by molar-refractivity contribution is 0.477. The van der Waals surface area contributed by atoms with Crippen LogP contribution in [0.2, 0.25) is 0 Å². The summed E-state index contributed by atoms with van der Waals surface area (Å²) in [5, 5.41) is 22.8. The Kier molecular flexibility index (Phi) is 3.24. The molecule has 0 saturated heterocycles. The molecule has 0 aliphatic carbocycles. The zero-order valence-corrected chi connectivity index (χ0v) is 13.1. The van der Waals surface area contributed by atoms with E-state index in [1.807, 2.05) is 0 Å². The Morgan fingerprint density at radius 1 is 1.00 bits per heavy atom. The monoisotopic (exact) mass is 337 g/mol. The first kappa shape index (κ1) is 14.3. The summed E-state index contributed by atoms with van der Waals surface area (Å²) in [6, 6.07) is 13.7. The van der Waals surface area contributed by atoms with Crippen LogP contribution < -0.4 is 11.3 Å². The maximum atomic E-state index is 12.7. The van der Waals surface area contributed by atoms with E-state index in [1.54, 1.807) is 48.5 Å². The summed E-state index contributed by atoms with van der Waals surface area (Å²) in [4.78, 5) is 13.0. The second-order valence-corrected chi connectivity index (χ2v) is 6.02. The molecule has 2 heterocycles. The third-order valence-electron chi connectivity index (χ3n) is 3.54. The molecule has 0 radical (unpaired) electrons. The second-order valence-electron chi connectivity index (χ2n) is 5.06. The molecule has 0 fully saturated rings. The number of fused-ring (bicyclic) bond motifs is 1. The van der Waals surface area contributed by atoms with Crippen LogP contribution in [0.15, 0.2) is 53.3 Å². The zero-order valence-electron chi connectivity index (χ0n) is 12.2. The molecule has 24 heavy (non-hydrogen) atoms. The average Bonchev–Trinajstić information content (AvgIpc) is 3.01. The SMILES string of the molecule is Nc1ccccc1-c1nnc2sc(-c3ccccc3O)nn2c1=O. The van der Waals surface area contributed by atoms with Crippen molar-refractivity contribution in [2.24, 2.45) is 0 Å². The molecule has 0 aliphatic heterocycles. The fourth-order valence-electron chi connectivity index (χ4n) is 2.36. The minimum Gasteiger partial charge on any atom is -0.507 e. The van der Waals surface area contributed by atoms with Crippen LogP contribution in [-0.2, 0) is 0 Å². The van der Waals surface area contributed by atoms with E-state index in [4.69, 9.17) is 5.73 Å². The molecule has 7 nitrogen and oxygen atoms in total. The van der Waals surface area contributed by atoms with E-state index in [1.165, 1.54) is 15.9 Å². The first-order chi connectivity index (χ1) is 11.6. The van der Waals surface area contributed by atoms with Gasteiger partial charge in [0.25, 0.3) is 0 Å². The van der Waals surface area contributed by atoms with Crippen LogP contribution in [0.5, 0.6) is 5.75 Å². The van der Waals surface area contributed by atoms with Gasteiger partial charge in [-0.25, -0.2) is 0 Å². The number of hydrogen-bond acceptors (Lipinski definition) is 7. The van der Waals surface area contributed by atoms with E-state index in [-0.39, 0.29) is 11.4 Å². The standard InChI is InChI=1S/C16H11N5O2S/c17-11-7-3-1-5-9(11)13-15(23)21-16(19-18-13)24-14(20-21)10-6-2-4-8-12(10)22/h1-8,22H,17H2. The number of anilines is 1. The molecule has 2 aromatic heterocycles. The van der Waals surface area contributed by atoms with E-state index in [9.17, 15) is 9.90 Å². The maximum absolute atomic E-state index is 12.7. The van der Waals surface area contributed by atoms with Gasteiger partial charge in [0.05, 0.1) is 5.56 Å². The minimum absolute atomic E-state index is 0.0880. The molecule has 0 bridgehead atoms. The van der Waals surface area contributed by atoms with Crippen LogP contribution in [0.4, 0.5) is 5.69 Å². The van der Waals surface area contributed by atoms with Crippen molar-refractivity contribution in [1.29, 1.82) is 0 Å². The summed E-state index contributed by atoms with van der Waals surface area (Å²) in [6.07, 6.45) is 0. The van der Waals surface area contributed by atoms with E-state index in [2.05, 4.69) is 15.3 Å². The Bertz CT molecular complexity index is 1120. The Hall–Kier alpha value is -3.26. The number of aromatic hydroxyl groups is 1. The van der Waals surface area contributed by atoms with Gasteiger partial charge in [-0.2, -0.15) is 9.61 Å². The van der Waals surface area contributed by atoms with Gasteiger partial charge in [-0.05, 0) is 18.2 Å². The average molecular weight is 337 g/mol. The smallest absolute Gasteiger partial charge is 0.302 e. The number of benzene rings is 2. The molecule has 4 rings (SSSR count). The molecule has 4 aromatic rings. The van der Waals surface area contributed by atoms with Crippen molar-refractivity contribution in [3.63, 3.8) is 0 Å². The summed E-state index contributed by atoms with van der Waals surface area (Å²) in [5.41, 5.74) is 7.14. The summed E-state index contributed by atoms with van der Waals surface area (Å²) >= 11 is 1.17. The lowest BCUT2D eigenvalue weighted by Gasteiger charge is -2.02. The summed E-state index contributed by atoms with van der Waals surface area (Å²) in [5.74, 6) is 0.0880. The molecular weight excluding hydrogens is 326 g/mol. The quantitative estimate of drug-likeness (QED) is 0.543. The fraction of sp³-hybridized carbons (Fsp3) is 0. The third-order valence-corrected chi connectivity index (χ3v) is 4.47. The molecule has 0 amide bonds. The van der Waals surface area contributed by atoms with Crippen LogP contribution in [0.3, 0.4) is 0 Å². The predicted molar refractivity (Wildman–Crippen MR) is 91.9 cm³/mol. The molecule has 0 unspecified atom stereocenters. The van der Waals surface area contributed by atoms with Crippen molar-refractivity contribution in [3.05, 3.63) is 58.9 Å². The van der Waals surface area contributed by atoms with Gasteiger partial charge in [0.15, 0.2) is 10.7 Å². The highest BCUT2D eigenvalue weighted by atomic mass is 32.1. The van der Waals surface area contributed by atoms with Gasteiger partial charge in [-0.15, -0.1) is 10.2 Å². The van der Waals surface area contributed by atoms with Crippen molar-refractivity contribution in [2.45, 2.75) is 0 Å². The Labute approximate surface area is 139 Å². The highest BCUT2D eigenvalue weighted by Gasteiger charge is 2.16. The van der Waals surface area contributed by atoms with Crippen molar-refractivity contribution in [3.8, 4) is 27.6 Å². The van der Waals surface area contributed by atoms with Crippen LogP contribution in [0.1, 0.15) is 0 Å². The van der Waals surface area contributed by atoms with Gasteiger partial charge in [-0.1, -0.05) is 41.7 Å². The second kappa shape index (κ2) is 5.43. The van der Waals surface area contributed by atoms with Crippen molar-refractivity contribution >= 4 is 22.0 Å². The van der Waals surface area contributed by atoms with E-state index >= 15 is 0 Å². The Morgan fingerprint density at radius 3 is 2.46 bits per heavy atom. The fourth-order valence-corrected chi connectivity index (χ4v) is 3.23. The van der Waals surface area contributed by atoms with Gasteiger partial charge in [-0.3, -0.25) is 4.79 Å². The number of nitrogens with two attached hydrogens (primary N) is 1. The molecule has 0 atom stereocenters. The molecule has 0 aliphatic rings. The lowest BCUT2D eigenvalue weighted by atomic mass is 10.1. The first-order valence-corrected chi connectivity index (χ1v) is 7.86. The molecule has 0 spiro atoms. The molecule has 2 aromatic carbocycles. The number of nitrogen functional groups attached to an aromatic ring is 1. The predicted octanol–water partition coefficient (Wildman–Crippen LogP) is 2.17. The van der Waals surface area contributed by atoms with Crippen molar-refractivity contribution in [1.82, 2.24) is 19.8 Å². The highest BCUT2D eigenvalue weighted by molar-refractivity contribution is 7.19. The van der Waals surface area contributed by atoms with E-state index in [0.717, 1.165) is 0 Å². The van der Waals surface area contributed by atoms with E-state index < -0.39 is 5.56 Å². The number of phenols is 1. The molecule has 3 N–H and O–H groups in total. The normalized spacial score (nSPS) is 11.0. The van der Waals surface area contributed by atoms with Crippen LogP contribution >= 0.6 is 11.3 Å². The minimum atomic E-state index is -0.407. The number of aromatic nitrogens is 4. The maximum Gasteiger partial charge on any atom is 0.302 e. The van der Waals surface area contributed by atoms with Crippen molar-refractivity contribution < 1.29 is 5.11 Å². The molecule has 0 saturated carbocycles. The highest BCUT2D eigenvalue weighted by Crippen LogP contribution is 2.31. The van der Waals surface area contributed by atoms with Gasteiger partial charge in [0, 0.05) is 11.3 Å². The number of nitrogens with zero attached hydrogens (tertiary/aromatic N) is 4. The summed E-state index contributed by atoms with van der Waals surface area (Å²) in [7, 11) is 0. The largest absolute Gasteiger partial charge is 0.507 e. The van der Waals surface area contributed by atoms with Gasteiger partial charge >= 0.3 is 5.56 Å². The van der Waals surface area contributed by atoms with Gasteiger partial charge in [0.1, 0.15) is 5.75 Å². The third kappa shape index (κ3) is 2.20.